The van der Waals surface area contributed by atoms with Crippen molar-refractivity contribution in [1.29, 1.82) is 0 Å². The van der Waals surface area contributed by atoms with Crippen LogP contribution in [-0.2, 0) is 11.2 Å². The Labute approximate surface area is 164 Å². The van der Waals surface area contributed by atoms with Gasteiger partial charge < -0.3 is 20.4 Å². The summed E-state index contributed by atoms with van der Waals surface area (Å²) >= 11 is 1.68. The van der Waals surface area contributed by atoms with Crippen molar-refractivity contribution in [2.24, 2.45) is 11.8 Å². The Kier molecular flexibility index (Phi) is 9.21. The minimum atomic E-state index is -0.791. The number of rotatable bonds is 11. The maximum Gasteiger partial charge on any atom is 0.303 e. The van der Waals surface area contributed by atoms with E-state index in [2.05, 4.69) is 6.07 Å². The molecule has 2 rings (SSSR count). The Morgan fingerprint density at radius 1 is 1.30 bits per heavy atom. The van der Waals surface area contributed by atoms with E-state index in [-0.39, 0.29) is 18.3 Å². The van der Waals surface area contributed by atoms with Crippen molar-refractivity contribution in [3.05, 3.63) is 46.7 Å². The standard InChI is InChI=1S/C21H30O5S/c22-15(9-11-16-6-5-13-27-16)10-12-18-17(19(23)14-20(18)24)7-3-1-2-4-8-21(25)26/h1,3,5-6,10,12-13,15,17-20,22-24H,2,4,7-9,11,14H2,(H,25,26)/b3-1-,12-10+/t15-,17-,18-,19+,20-/m1/s1. The molecule has 4 N–H and O–H groups in total. The van der Waals surface area contributed by atoms with Crippen LogP contribution >= 0.6 is 11.3 Å². The molecule has 5 atom stereocenters. The van der Waals surface area contributed by atoms with Crippen LogP contribution in [0.1, 0.15) is 43.4 Å². The number of unbranched alkanes of at least 4 members (excludes halogenated alkanes) is 1. The van der Waals surface area contributed by atoms with E-state index >= 15 is 0 Å². The van der Waals surface area contributed by atoms with E-state index in [1.165, 1.54) is 4.88 Å². The zero-order valence-corrected chi connectivity index (χ0v) is 16.3. The van der Waals surface area contributed by atoms with Gasteiger partial charge in [-0.05, 0) is 49.5 Å². The first-order valence-corrected chi connectivity index (χ1v) is 10.5. The van der Waals surface area contributed by atoms with Crippen LogP contribution in [0.2, 0.25) is 0 Å². The van der Waals surface area contributed by atoms with Crippen molar-refractivity contribution >= 4 is 17.3 Å². The molecule has 0 aromatic carbocycles. The van der Waals surface area contributed by atoms with E-state index < -0.39 is 24.3 Å². The molecule has 5 nitrogen and oxygen atoms in total. The van der Waals surface area contributed by atoms with Crippen LogP contribution in [0.25, 0.3) is 0 Å². The first-order valence-electron chi connectivity index (χ1n) is 9.59. The second kappa shape index (κ2) is 11.4. The van der Waals surface area contributed by atoms with Crippen LogP contribution in [0.3, 0.4) is 0 Å². The van der Waals surface area contributed by atoms with E-state index in [0.29, 0.717) is 32.1 Å². The largest absolute Gasteiger partial charge is 0.481 e. The van der Waals surface area contributed by atoms with Crippen molar-refractivity contribution in [2.75, 3.05) is 0 Å². The molecule has 6 heteroatoms. The average molecular weight is 395 g/mol. The third-order valence-electron chi connectivity index (χ3n) is 5.07. The highest BCUT2D eigenvalue weighted by molar-refractivity contribution is 7.09. The second-order valence-electron chi connectivity index (χ2n) is 7.17. The van der Waals surface area contributed by atoms with Crippen LogP contribution in [0.5, 0.6) is 0 Å². The topological polar surface area (TPSA) is 98.0 Å². The van der Waals surface area contributed by atoms with Crippen LogP contribution < -0.4 is 0 Å². The molecule has 1 aliphatic rings. The summed E-state index contributed by atoms with van der Waals surface area (Å²) in [5.41, 5.74) is 0. The van der Waals surface area contributed by atoms with Gasteiger partial charge in [-0.2, -0.15) is 0 Å². The number of thiophene rings is 1. The summed E-state index contributed by atoms with van der Waals surface area (Å²) in [4.78, 5) is 11.7. The molecule has 150 valence electrons. The summed E-state index contributed by atoms with van der Waals surface area (Å²) in [6, 6.07) is 4.05. The first kappa shape index (κ1) is 21.8. The molecule has 1 saturated carbocycles. The molecule has 0 amide bonds. The molecule has 0 aliphatic heterocycles. The normalized spacial score (nSPS) is 26.9. The van der Waals surface area contributed by atoms with Gasteiger partial charge in [0.1, 0.15) is 0 Å². The second-order valence-corrected chi connectivity index (χ2v) is 8.21. The van der Waals surface area contributed by atoms with Crippen LogP contribution in [-0.4, -0.2) is 44.7 Å². The fraction of sp³-hybridized carbons (Fsp3) is 0.571. The molecule has 0 saturated heterocycles. The van der Waals surface area contributed by atoms with Gasteiger partial charge in [0.2, 0.25) is 0 Å². The van der Waals surface area contributed by atoms with Gasteiger partial charge in [-0.25, -0.2) is 0 Å². The Bertz CT molecular complexity index is 610. The fourth-order valence-corrected chi connectivity index (χ4v) is 4.27. The summed E-state index contributed by atoms with van der Waals surface area (Å²) in [6.45, 7) is 0. The number of aliphatic hydroxyl groups excluding tert-OH is 3. The SMILES string of the molecule is O=C(O)CCC/C=C\C[C@@H]1[C@@H](/C=C/[C@H](O)CCc2cccs2)[C@H](O)C[C@@H]1O. The van der Waals surface area contributed by atoms with E-state index in [4.69, 9.17) is 5.11 Å². The van der Waals surface area contributed by atoms with Crippen LogP contribution in [0, 0.1) is 11.8 Å². The summed E-state index contributed by atoms with van der Waals surface area (Å²) in [5.74, 6) is -1.06. The maximum atomic E-state index is 10.5. The van der Waals surface area contributed by atoms with Crippen molar-refractivity contribution in [3.63, 3.8) is 0 Å². The number of hydrogen-bond acceptors (Lipinski definition) is 5. The lowest BCUT2D eigenvalue weighted by atomic mass is 9.89. The maximum absolute atomic E-state index is 10.5. The fourth-order valence-electron chi connectivity index (χ4n) is 3.55. The third-order valence-corrected chi connectivity index (χ3v) is 6.01. The Hall–Kier alpha value is -1.47. The highest BCUT2D eigenvalue weighted by Crippen LogP contribution is 2.36. The number of allylic oxidation sites excluding steroid dienone is 2. The molecule has 1 aromatic heterocycles. The zero-order chi connectivity index (χ0) is 19.6. The van der Waals surface area contributed by atoms with E-state index in [1.807, 2.05) is 29.7 Å². The summed E-state index contributed by atoms with van der Waals surface area (Å²) < 4.78 is 0. The predicted molar refractivity (Wildman–Crippen MR) is 107 cm³/mol. The molecule has 0 bridgehead atoms. The Balaban J connectivity index is 1.81. The summed E-state index contributed by atoms with van der Waals surface area (Å²) in [6.07, 6.45) is 9.63. The van der Waals surface area contributed by atoms with Crippen LogP contribution in [0.15, 0.2) is 41.8 Å². The lowest BCUT2D eigenvalue weighted by Gasteiger charge is -2.19. The molecule has 1 fully saturated rings. The minimum absolute atomic E-state index is 0.0866. The third kappa shape index (κ3) is 7.58. The first-order chi connectivity index (χ1) is 13.0. The number of aryl methyl sites for hydroxylation is 1. The summed E-state index contributed by atoms with van der Waals surface area (Å²) in [7, 11) is 0. The number of hydrogen-bond donors (Lipinski definition) is 4. The number of aliphatic carboxylic acids is 1. The molecular weight excluding hydrogens is 364 g/mol. The molecular formula is C21H30O5S. The van der Waals surface area contributed by atoms with Crippen molar-refractivity contribution < 1.29 is 25.2 Å². The molecule has 0 unspecified atom stereocenters. The van der Waals surface area contributed by atoms with Crippen LogP contribution in [0.4, 0.5) is 0 Å². The van der Waals surface area contributed by atoms with Crippen molar-refractivity contribution in [1.82, 2.24) is 0 Å². The van der Waals surface area contributed by atoms with Gasteiger partial charge in [0, 0.05) is 23.6 Å². The number of carboxylic acids is 1. The minimum Gasteiger partial charge on any atom is -0.481 e. The number of carboxylic acid groups (broad SMARTS) is 1. The van der Waals surface area contributed by atoms with Gasteiger partial charge in [0.15, 0.2) is 0 Å². The molecule has 1 aliphatic carbocycles. The van der Waals surface area contributed by atoms with Crippen molar-refractivity contribution in [2.45, 2.75) is 63.3 Å². The molecule has 0 spiro atoms. The Morgan fingerprint density at radius 3 is 2.81 bits per heavy atom. The summed E-state index contributed by atoms with van der Waals surface area (Å²) in [5, 5.41) is 41.3. The molecule has 1 heterocycles. The van der Waals surface area contributed by atoms with E-state index in [0.717, 1.165) is 6.42 Å². The smallest absolute Gasteiger partial charge is 0.303 e. The number of carbonyl (C=O) groups is 1. The quantitative estimate of drug-likeness (QED) is 0.341. The predicted octanol–water partition coefficient (Wildman–Crippen LogP) is 3.16. The van der Waals surface area contributed by atoms with Gasteiger partial charge in [-0.1, -0.05) is 30.4 Å². The molecule has 27 heavy (non-hydrogen) atoms. The zero-order valence-electron chi connectivity index (χ0n) is 15.5. The van der Waals surface area contributed by atoms with Gasteiger partial charge in [0.05, 0.1) is 18.3 Å². The lowest BCUT2D eigenvalue weighted by Crippen LogP contribution is -2.20. The highest BCUT2D eigenvalue weighted by Gasteiger charge is 2.39. The van der Waals surface area contributed by atoms with Gasteiger partial charge in [-0.15, -0.1) is 11.3 Å². The monoisotopic (exact) mass is 394 g/mol. The van der Waals surface area contributed by atoms with E-state index in [1.54, 1.807) is 17.4 Å². The van der Waals surface area contributed by atoms with Crippen molar-refractivity contribution in [3.8, 4) is 0 Å². The van der Waals surface area contributed by atoms with Gasteiger partial charge in [-0.3, -0.25) is 4.79 Å². The lowest BCUT2D eigenvalue weighted by molar-refractivity contribution is -0.137. The molecule has 1 aromatic rings. The highest BCUT2D eigenvalue weighted by atomic mass is 32.1. The van der Waals surface area contributed by atoms with Gasteiger partial charge in [0.25, 0.3) is 0 Å². The number of aliphatic hydroxyl groups is 3. The van der Waals surface area contributed by atoms with Gasteiger partial charge >= 0.3 is 5.97 Å². The Morgan fingerprint density at radius 2 is 2.11 bits per heavy atom. The average Bonchev–Trinajstić information content (AvgIpc) is 3.22. The molecule has 0 radical (unpaired) electrons. The van der Waals surface area contributed by atoms with E-state index in [9.17, 15) is 20.1 Å².